The Bertz CT molecular complexity index is 361. The molecule has 0 aromatic rings. The van der Waals surface area contributed by atoms with Crippen molar-refractivity contribution in [2.45, 2.75) is 116 Å². The van der Waals surface area contributed by atoms with Crippen LogP contribution in [-0.2, 0) is 14.3 Å². The maximum absolute atomic E-state index is 11.5. The number of hydrogen-bond donors (Lipinski definition) is 1. The summed E-state index contributed by atoms with van der Waals surface area (Å²) < 4.78 is 5.21. The van der Waals surface area contributed by atoms with Crippen LogP contribution < -0.4 is 0 Å². The van der Waals surface area contributed by atoms with Crippen molar-refractivity contribution in [3.63, 3.8) is 0 Å². The van der Waals surface area contributed by atoms with Crippen molar-refractivity contribution in [2.24, 2.45) is 0 Å². The zero-order chi connectivity index (χ0) is 20.7. The van der Waals surface area contributed by atoms with Crippen LogP contribution in [0.4, 0.5) is 0 Å². The highest BCUT2D eigenvalue weighted by atomic mass is 32.2. The van der Waals surface area contributed by atoms with Gasteiger partial charge in [-0.3, -0.25) is 9.59 Å². The summed E-state index contributed by atoms with van der Waals surface area (Å²) in [5.74, 6) is 0.253. The lowest BCUT2D eigenvalue weighted by molar-refractivity contribution is -0.143. The number of ether oxygens (including phenoxy) is 1. The van der Waals surface area contributed by atoms with Gasteiger partial charge in [-0.15, -0.1) is 0 Å². The molecular formula is C23H44O4S. The van der Waals surface area contributed by atoms with Gasteiger partial charge in [0.15, 0.2) is 0 Å². The van der Waals surface area contributed by atoms with Crippen LogP contribution in [0.1, 0.15) is 116 Å². The van der Waals surface area contributed by atoms with Crippen molar-refractivity contribution < 1.29 is 19.4 Å². The normalized spacial score (nSPS) is 10.9. The number of carbonyl (C=O) groups is 2. The first kappa shape index (κ1) is 27.3. The number of thioether (sulfide) groups is 1. The lowest BCUT2D eigenvalue weighted by atomic mass is 10.0. The standard InChI is InChI=1S/C23H44O4S/c1-2-3-4-5-6-7-8-9-10-11-12-13-14-15-16-19-27-23(26)18-21-28-20-17-22(24)25/h2-21H2,1H3,(H,24,25). The minimum atomic E-state index is -0.789. The molecule has 28 heavy (non-hydrogen) atoms. The molecule has 0 aromatic heterocycles. The summed E-state index contributed by atoms with van der Waals surface area (Å²) in [5, 5.41) is 8.53. The van der Waals surface area contributed by atoms with Crippen molar-refractivity contribution in [1.29, 1.82) is 0 Å². The highest BCUT2D eigenvalue weighted by Gasteiger charge is 2.03. The molecule has 4 nitrogen and oxygen atoms in total. The molecule has 0 atom stereocenters. The monoisotopic (exact) mass is 416 g/mol. The molecule has 0 aliphatic carbocycles. The molecule has 0 saturated carbocycles. The summed E-state index contributed by atoms with van der Waals surface area (Å²) in [4.78, 5) is 21.9. The first-order valence-electron chi connectivity index (χ1n) is 11.6. The summed E-state index contributed by atoms with van der Waals surface area (Å²) >= 11 is 1.49. The van der Waals surface area contributed by atoms with Crippen LogP contribution in [-0.4, -0.2) is 35.2 Å². The van der Waals surface area contributed by atoms with Crippen molar-refractivity contribution in [1.82, 2.24) is 0 Å². The first-order valence-corrected chi connectivity index (χ1v) is 12.8. The molecule has 0 unspecified atom stereocenters. The van der Waals surface area contributed by atoms with Crippen LogP contribution in [0.5, 0.6) is 0 Å². The summed E-state index contributed by atoms with van der Waals surface area (Å²) in [5.41, 5.74) is 0. The Morgan fingerprint density at radius 3 is 1.57 bits per heavy atom. The van der Waals surface area contributed by atoms with E-state index in [9.17, 15) is 9.59 Å². The van der Waals surface area contributed by atoms with E-state index in [0.29, 0.717) is 24.5 Å². The highest BCUT2D eigenvalue weighted by Crippen LogP contribution is 2.13. The van der Waals surface area contributed by atoms with Gasteiger partial charge in [-0.1, -0.05) is 96.8 Å². The number of rotatable bonds is 22. The average Bonchev–Trinajstić information content (AvgIpc) is 2.67. The van der Waals surface area contributed by atoms with E-state index >= 15 is 0 Å². The molecule has 0 bridgehead atoms. The van der Waals surface area contributed by atoms with E-state index in [1.807, 2.05) is 0 Å². The molecular weight excluding hydrogens is 372 g/mol. The summed E-state index contributed by atoms with van der Waals surface area (Å²) in [6, 6.07) is 0. The number of carboxylic acid groups (broad SMARTS) is 1. The van der Waals surface area contributed by atoms with Crippen LogP contribution >= 0.6 is 11.8 Å². The molecule has 0 radical (unpaired) electrons. The fourth-order valence-electron chi connectivity index (χ4n) is 3.15. The Kier molecular flexibility index (Phi) is 22.0. The summed E-state index contributed by atoms with van der Waals surface area (Å²) in [6.07, 6.45) is 20.5. The molecule has 0 rings (SSSR count). The second-order valence-corrected chi connectivity index (χ2v) is 8.90. The zero-order valence-electron chi connectivity index (χ0n) is 18.2. The topological polar surface area (TPSA) is 63.6 Å². The third-order valence-electron chi connectivity index (χ3n) is 4.92. The summed E-state index contributed by atoms with van der Waals surface area (Å²) in [7, 11) is 0. The molecule has 166 valence electrons. The van der Waals surface area contributed by atoms with E-state index in [4.69, 9.17) is 9.84 Å². The molecule has 0 saturated heterocycles. The molecule has 0 fully saturated rings. The Morgan fingerprint density at radius 1 is 0.679 bits per heavy atom. The maximum Gasteiger partial charge on any atom is 0.306 e. The van der Waals surface area contributed by atoms with Crippen LogP contribution in [0, 0.1) is 0 Å². The zero-order valence-corrected chi connectivity index (χ0v) is 19.0. The number of hydrogen-bond acceptors (Lipinski definition) is 4. The van der Waals surface area contributed by atoms with Gasteiger partial charge in [0.2, 0.25) is 0 Å². The van der Waals surface area contributed by atoms with Gasteiger partial charge in [0.1, 0.15) is 0 Å². The Hall–Kier alpha value is -0.710. The van der Waals surface area contributed by atoms with Crippen molar-refractivity contribution in [3.8, 4) is 0 Å². The van der Waals surface area contributed by atoms with Crippen molar-refractivity contribution in [3.05, 3.63) is 0 Å². The number of aliphatic carboxylic acids is 1. The number of unbranched alkanes of at least 4 members (excludes halogenated alkanes) is 14. The third-order valence-corrected chi connectivity index (χ3v) is 5.91. The van der Waals surface area contributed by atoms with E-state index in [2.05, 4.69) is 6.92 Å². The van der Waals surface area contributed by atoms with Crippen molar-refractivity contribution >= 4 is 23.7 Å². The van der Waals surface area contributed by atoms with Gasteiger partial charge in [-0.05, 0) is 6.42 Å². The van der Waals surface area contributed by atoms with E-state index in [-0.39, 0.29) is 12.4 Å². The van der Waals surface area contributed by atoms with E-state index in [0.717, 1.165) is 12.8 Å². The number of carbonyl (C=O) groups excluding carboxylic acids is 1. The van der Waals surface area contributed by atoms with Crippen LogP contribution in [0.2, 0.25) is 0 Å². The first-order chi connectivity index (χ1) is 13.7. The highest BCUT2D eigenvalue weighted by molar-refractivity contribution is 7.99. The molecule has 0 aliphatic rings. The van der Waals surface area contributed by atoms with Gasteiger partial charge in [-0.25, -0.2) is 0 Å². The summed E-state index contributed by atoms with van der Waals surface area (Å²) in [6.45, 7) is 2.79. The number of carboxylic acids is 1. The minimum absolute atomic E-state index is 0.152. The van der Waals surface area contributed by atoms with Gasteiger partial charge < -0.3 is 9.84 Å². The largest absolute Gasteiger partial charge is 0.481 e. The molecule has 0 amide bonds. The Morgan fingerprint density at radius 2 is 1.11 bits per heavy atom. The third kappa shape index (κ3) is 23.3. The fourth-order valence-corrected chi connectivity index (χ4v) is 3.98. The van der Waals surface area contributed by atoms with Crippen LogP contribution in [0.3, 0.4) is 0 Å². The van der Waals surface area contributed by atoms with E-state index in [1.165, 1.54) is 95.2 Å². The Labute approximate surface area is 177 Å². The van der Waals surface area contributed by atoms with Gasteiger partial charge in [-0.2, -0.15) is 11.8 Å². The minimum Gasteiger partial charge on any atom is -0.481 e. The van der Waals surface area contributed by atoms with Crippen LogP contribution in [0.25, 0.3) is 0 Å². The smallest absolute Gasteiger partial charge is 0.306 e. The predicted octanol–water partition coefficient (Wildman–Crippen LogP) is 7.00. The van der Waals surface area contributed by atoms with Gasteiger partial charge in [0.25, 0.3) is 0 Å². The Balaban J connectivity index is 3.13. The predicted molar refractivity (Wildman–Crippen MR) is 120 cm³/mol. The van der Waals surface area contributed by atoms with Crippen LogP contribution in [0.15, 0.2) is 0 Å². The van der Waals surface area contributed by atoms with Gasteiger partial charge in [0.05, 0.1) is 19.4 Å². The van der Waals surface area contributed by atoms with E-state index in [1.54, 1.807) is 0 Å². The van der Waals surface area contributed by atoms with Gasteiger partial charge >= 0.3 is 11.9 Å². The molecule has 5 heteroatoms. The SMILES string of the molecule is CCCCCCCCCCCCCCCCCOC(=O)CCSCCC(=O)O. The maximum atomic E-state index is 11.5. The lowest BCUT2D eigenvalue weighted by Crippen LogP contribution is -2.07. The molecule has 0 aliphatic heterocycles. The lowest BCUT2D eigenvalue weighted by Gasteiger charge is -2.05. The van der Waals surface area contributed by atoms with Gasteiger partial charge in [0, 0.05) is 11.5 Å². The quantitative estimate of drug-likeness (QED) is 0.152. The van der Waals surface area contributed by atoms with Crippen molar-refractivity contribution in [2.75, 3.05) is 18.1 Å². The fraction of sp³-hybridized carbons (Fsp3) is 0.913. The number of esters is 1. The molecule has 0 heterocycles. The second-order valence-electron chi connectivity index (χ2n) is 7.68. The molecule has 0 aromatic carbocycles. The average molecular weight is 417 g/mol. The second kappa shape index (κ2) is 22.6. The molecule has 1 N–H and O–H groups in total. The molecule has 0 spiro atoms. The van der Waals surface area contributed by atoms with E-state index < -0.39 is 5.97 Å².